The molecule has 4 heteroatoms. The molecule has 1 aromatic carbocycles. The summed E-state index contributed by atoms with van der Waals surface area (Å²) < 4.78 is 0. The van der Waals surface area contributed by atoms with Crippen LogP contribution in [0.1, 0.15) is 29.3 Å². The lowest BCUT2D eigenvalue weighted by Gasteiger charge is -2.22. The van der Waals surface area contributed by atoms with Gasteiger partial charge in [0.2, 0.25) is 5.91 Å². The number of rotatable bonds is 5. The van der Waals surface area contributed by atoms with E-state index in [-0.39, 0.29) is 5.91 Å². The van der Waals surface area contributed by atoms with E-state index in [9.17, 15) is 4.79 Å². The molecule has 3 rings (SSSR count). The van der Waals surface area contributed by atoms with Gasteiger partial charge >= 0.3 is 0 Å². The summed E-state index contributed by atoms with van der Waals surface area (Å²) in [6.07, 6.45) is 2.33. The van der Waals surface area contributed by atoms with Crippen molar-refractivity contribution in [2.45, 2.75) is 25.4 Å². The topological polar surface area (TPSA) is 32.3 Å². The van der Waals surface area contributed by atoms with Crippen LogP contribution in [0.15, 0.2) is 47.8 Å². The Morgan fingerprint density at radius 1 is 1.24 bits per heavy atom. The molecule has 1 saturated heterocycles. The van der Waals surface area contributed by atoms with Crippen LogP contribution < -0.4 is 5.32 Å². The number of hydrogen-bond donors (Lipinski definition) is 1. The molecular weight excluding hydrogens is 280 g/mol. The molecule has 3 nitrogen and oxygen atoms in total. The number of thiophene rings is 1. The molecule has 1 aliphatic rings. The standard InChI is InChI=1S/C17H20N2OS/c20-17(18-12-14-6-2-1-3-7-14)13-19-10-4-8-15(19)16-9-5-11-21-16/h1-3,5-7,9,11,15H,4,8,10,12-13H2,(H,18,20)/t15-/m0/s1. The first-order chi connectivity index (χ1) is 10.3. The Balaban J connectivity index is 1.52. The zero-order chi connectivity index (χ0) is 14.5. The van der Waals surface area contributed by atoms with Crippen LogP contribution in [0.4, 0.5) is 0 Å². The molecule has 1 amide bonds. The van der Waals surface area contributed by atoms with Gasteiger partial charge in [0.25, 0.3) is 0 Å². The monoisotopic (exact) mass is 300 g/mol. The lowest BCUT2D eigenvalue weighted by molar-refractivity contribution is -0.122. The SMILES string of the molecule is O=C(CN1CCC[C@H]1c1cccs1)NCc1ccccc1. The van der Waals surface area contributed by atoms with Crippen LogP contribution in [0.3, 0.4) is 0 Å². The van der Waals surface area contributed by atoms with Crippen LogP contribution in [0, 0.1) is 0 Å². The quantitative estimate of drug-likeness (QED) is 0.919. The van der Waals surface area contributed by atoms with E-state index in [4.69, 9.17) is 0 Å². The number of amides is 1. The van der Waals surface area contributed by atoms with E-state index in [1.807, 2.05) is 30.3 Å². The summed E-state index contributed by atoms with van der Waals surface area (Å²) in [6.45, 7) is 2.12. The number of carbonyl (C=O) groups excluding carboxylic acids is 1. The van der Waals surface area contributed by atoms with E-state index in [1.54, 1.807) is 11.3 Å². The van der Waals surface area contributed by atoms with Crippen LogP contribution in [-0.2, 0) is 11.3 Å². The Hall–Kier alpha value is -1.65. The largest absolute Gasteiger partial charge is 0.351 e. The summed E-state index contributed by atoms with van der Waals surface area (Å²) in [7, 11) is 0. The molecule has 0 radical (unpaired) electrons. The van der Waals surface area contributed by atoms with Crippen LogP contribution >= 0.6 is 11.3 Å². The number of benzene rings is 1. The minimum Gasteiger partial charge on any atom is -0.351 e. The molecule has 0 saturated carbocycles. The first-order valence-corrected chi connectivity index (χ1v) is 8.29. The van der Waals surface area contributed by atoms with Gasteiger partial charge in [-0.1, -0.05) is 36.4 Å². The minimum absolute atomic E-state index is 0.113. The van der Waals surface area contributed by atoms with Gasteiger partial charge in [0.1, 0.15) is 0 Å². The maximum absolute atomic E-state index is 12.1. The Morgan fingerprint density at radius 3 is 2.86 bits per heavy atom. The highest BCUT2D eigenvalue weighted by molar-refractivity contribution is 7.10. The van der Waals surface area contributed by atoms with Gasteiger partial charge in [0.15, 0.2) is 0 Å². The van der Waals surface area contributed by atoms with Gasteiger partial charge in [-0.3, -0.25) is 9.69 Å². The lowest BCUT2D eigenvalue weighted by Crippen LogP contribution is -2.36. The molecular formula is C17H20N2OS. The third-order valence-corrected chi connectivity index (χ3v) is 4.89. The molecule has 1 aliphatic heterocycles. The maximum atomic E-state index is 12.1. The molecule has 2 aromatic rings. The Kier molecular flexibility index (Phi) is 4.68. The highest BCUT2D eigenvalue weighted by Crippen LogP contribution is 2.33. The molecule has 0 unspecified atom stereocenters. The smallest absolute Gasteiger partial charge is 0.234 e. The van der Waals surface area contributed by atoms with Gasteiger partial charge in [-0.2, -0.15) is 0 Å². The summed E-state index contributed by atoms with van der Waals surface area (Å²) in [5, 5.41) is 5.13. The van der Waals surface area contributed by atoms with Crippen LogP contribution in [0.2, 0.25) is 0 Å². The average molecular weight is 300 g/mol. The summed E-state index contributed by atoms with van der Waals surface area (Å²) >= 11 is 1.79. The summed E-state index contributed by atoms with van der Waals surface area (Å²) in [5.41, 5.74) is 1.14. The van der Waals surface area contributed by atoms with Crippen LogP contribution in [0.5, 0.6) is 0 Å². The van der Waals surface area contributed by atoms with Crippen LogP contribution in [-0.4, -0.2) is 23.9 Å². The van der Waals surface area contributed by atoms with Gasteiger partial charge in [-0.05, 0) is 36.4 Å². The van der Waals surface area contributed by atoms with E-state index < -0.39 is 0 Å². The molecule has 21 heavy (non-hydrogen) atoms. The number of likely N-dealkylation sites (tertiary alicyclic amines) is 1. The van der Waals surface area contributed by atoms with Gasteiger partial charge in [-0.15, -0.1) is 11.3 Å². The van der Waals surface area contributed by atoms with Crippen molar-refractivity contribution < 1.29 is 4.79 Å². The summed E-state index contributed by atoms with van der Waals surface area (Å²) in [5.74, 6) is 0.113. The lowest BCUT2D eigenvalue weighted by atomic mass is 10.2. The number of nitrogens with one attached hydrogen (secondary N) is 1. The van der Waals surface area contributed by atoms with Crippen molar-refractivity contribution in [2.75, 3.05) is 13.1 Å². The van der Waals surface area contributed by atoms with E-state index in [1.165, 1.54) is 11.3 Å². The number of nitrogens with zero attached hydrogens (tertiary/aromatic N) is 1. The van der Waals surface area contributed by atoms with Gasteiger partial charge in [-0.25, -0.2) is 0 Å². The second-order valence-corrected chi connectivity index (χ2v) is 6.39. The van der Waals surface area contributed by atoms with Crippen molar-refractivity contribution in [3.63, 3.8) is 0 Å². The zero-order valence-electron chi connectivity index (χ0n) is 12.0. The van der Waals surface area contributed by atoms with Crippen LogP contribution in [0.25, 0.3) is 0 Å². The Morgan fingerprint density at radius 2 is 2.10 bits per heavy atom. The number of hydrogen-bond acceptors (Lipinski definition) is 3. The zero-order valence-corrected chi connectivity index (χ0v) is 12.8. The van der Waals surface area contributed by atoms with E-state index in [0.717, 1.165) is 18.5 Å². The molecule has 1 fully saturated rings. The van der Waals surface area contributed by atoms with Crippen molar-refractivity contribution in [3.05, 3.63) is 58.3 Å². The van der Waals surface area contributed by atoms with Gasteiger partial charge in [0.05, 0.1) is 6.54 Å². The van der Waals surface area contributed by atoms with Gasteiger partial charge < -0.3 is 5.32 Å². The average Bonchev–Trinajstić information content (AvgIpc) is 3.17. The first kappa shape index (κ1) is 14.3. The second kappa shape index (κ2) is 6.87. The maximum Gasteiger partial charge on any atom is 0.234 e. The third kappa shape index (κ3) is 3.71. The fourth-order valence-corrected chi connectivity index (χ4v) is 3.75. The first-order valence-electron chi connectivity index (χ1n) is 7.41. The number of carbonyl (C=O) groups is 1. The fourth-order valence-electron chi connectivity index (χ4n) is 2.86. The van der Waals surface area contributed by atoms with Crippen molar-refractivity contribution in [1.82, 2.24) is 10.2 Å². The Labute approximate surface area is 129 Å². The second-order valence-electron chi connectivity index (χ2n) is 5.41. The minimum atomic E-state index is 0.113. The summed E-state index contributed by atoms with van der Waals surface area (Å²) in [4.78, 5) is 15.8. The molecule has 1 N–H and O–H groups in total. The highest BCUT2D eigenvalue weighted by Gasteiger charge is 2.27. The molecule has 1 aromatic heterocycles. The third-order valence-electron chi connectivity index (χ3n) is 3.91. The van der Waals surface area contributed by atoms with E-state index >= 15 is 0 Å². The molecule has 2 heterocycles. The predicted molar refractivity (Wildman–Crippen MR) is 86.2 cm³/mol. The van der Waals surface area contributed by atoms with Crippen molar-refractivity contribution in [3.8, 4) is 0 Å². The molecule has 0 spiro atoms. The predicted octanol–water partition coefficient (Wildman–Crippen LogP) is 3.20. The molecule has 0 aliphatic carbocycles. The van der Waals surface area contributed by atoms with E-state index in [0.29, 0.717) is 19.1 Å². The normalized spacial score (nSPS) is 18.8. The van der Waals surface area contributed by atoms with Gasteiger partial charge in [0, 0.05) is 17.5 Å². The van der Waals surface area contributed by atoms with Crippen molar-refractivity contribution in [1.29, 1.82) is 0 Å². The van der Waals surface area contributed by atoms with Crippen molar-refractivity contribution >= 4 is 17.2 Å². The molecule has 110 valence electrons. The molecule has 1 atom stereocenters. The van der Waals surface area contributed by atoms with Crippen molar-refractivity contribution in [2.24, 2.45) is 0 Å². The van der Waals surface area contributed by atoms with E-state index in [2.05, 4.69) is 27.7 Å². The summed E-state index contributed by atoms with van der Waals surface area (Å²) in [6, 6.07) is 14.7. The fraction of sp³-hybridized carbons (Fsp3) is 0.353. The Bertz CT molecular complexity index is 568. The molecule has 0 bridgehead atoms. The highest BCUT2D eigenvalue weighted by atomic mass is 32.1.